The minimum absolute atomic E-state index is 0.0390. The standard InChI is InChI=1S/C27H30ClF3N4O3S/c28-20-2-1-3-23(16-20)35(17-18-4-6-19(7-5-18)26-32-33-27(38-26)25(30)31)39(36,37)24-12-14-34(15-13-24)22-10-8-21(29)9-11-22/h1-7,16,21-22,24-25H,8-15,17H2/t21-,22-. The van der Waals surface area contributed by atoms with E-state index in [1.165, 1.54) is 4.31 Å². The van der Waals surface area contributed by atoms with Gasteiger partial charge >= 0.3 is 6.43 Å². The average molecular weight is 583 g/mol. The van der Waals surface area contributed by atoms with Gasteiger partial charge in [0, 0.05) is 16.6 Å². The highest BCUT2D eigenvalue weighted by molar-refractivity contribution is 7.93. The smallest absolute Gasteiger partial charge is 0.314 e. The van der Waals surface area contributed by atoms with Crippen molar-refractivity contribution in [1.82, 2.24) is 15.1 Å². The summed E-state index contributed by atoms with van der Waals surface area (Å²) in [6, 6.07) is 13.7. The summed E-state index contributed by atoms with van der Waals surface area (Å²) < 4.78 is 73.6. The second-order valence-electron chi connectivity index (χ2n) is 10.1. The fourth-order valence-corrected chi connectivity index (χ4v) is 7.52. The number of benzene rings is 2. The van der Waals surface area contributed by atoms with Gasteiger partial charge in [0.05, 0.1) is 17.5 Å². The zero-order chi connectivity index (χ0) is 27.6. The first-order chi connectivity index (χ1) is 18.7. The van der Waals surface area contributed by atoms with Crippen molar-refractivity contribution in [2.45, 2.75) is 69.0 Å². The van der Waals surface area contributed by atoms with E-state index in [0.717, 1.165) is 12.8 Å². The van der Waals surface area contributed by atoms with Crippen LogP contribution in [0.3, 0.4) is 0 Å². The van der Waals surface area contributed by atoms with Crippen LogP contribution in [0.1, 0.15) is 56.4 Å². The highest BCUT2D eigenvalue weighted by Crippen LogP contribution is 2.33. The molecule has 210 valence electrons. The van der Waals surface area contributed by atoms with Crippen LogP contribution >= 0.6 is 11.6 Å². The molecule has 0 spiro atoms. The van der Waals surface area contributed by atoms with Crippen molar-refractivity contribution >= 4 is 27.3 Å². The van der Waals surface area contributed by atoms with Crippen LogP contribution in [0.4, 0.5) is 18.9 Å². The number of hydrogen-bond donors (Lipinski definition) is 0. The number of halogens is 4. The van der Waals surface area contributed by atoms with Crippen LogP contribution in [0.25, 0.3) is 11.5 Å². The number of sulfonamides is 1. The molecule has 1 saturated heterocycles. The van der Waals surface area contributed by atoms with Crippen molar-refractivity contribution in [3.05, 3.63) is 65.0 Å². The summed E-state index contributed by atoms with van der Waals surface area (Å²) in [4.78, 5) is 2.32. The molecule has 12 heteroatoms. The Balaban J connectivity index is 1.33. The van der Waals surface area contributed by atoms with Gasteiger partial charge in [0.1, 0.15) is 6.17 Å². The lowest BCUT2D eigenvalue weighted by Gasteiger charge is -2.40. The molecule has 7 nitrogen and oxygen atoms in total. The van der Waals surface area contributed by atoms with Crippen molar-refractivity contribution in [3.8, 4) is 11.5 Å². The summed E-state index contributed by atoms with van der Waals surface area (Å²) in [6.45, 7) is 1.39. The second-order valence-corrected chi connectivity index (χ2v) is 12.7. The lowest BCUT2D eigenvalue weighted by molar-refractivity contribution is 0.103. The van der Waals surface area contributed by atoms with Gasteiger partial charge in [-0.25, -0.2) is 12.8 Å². The Morgan fingerprint density at radius 1 is 1.00 bits per heavy atom. The summed E-state index contributed by atoms with van der Waals surface area (Å²) >= 11 is 6.22. The Kier molecular flexibility index (Phi) is 8.49. The maximum absolute atomic E-state index is 14.0. The predicted molar refractivity (Wildman–Crippen MR) is 143 cm³/mol. The Morgan fingerprint density at radius 3 is 2.31 bits per heavy atom. The Hall–Kier alpha value is -2.63. The lowest BCUT2D eigenvalue weighted by atomic mass is 9.91. The summed E-state index contributed by atoms with van der Waals surface area (Å²) in [5.41, 5.74) is 1.61. The highest BCUT2D eigenvalue weighted by Gasteiger charge is 2.37. The van der Waals surface area contributed by atoms with E-state index in [4.69, 9.17) is 16.0 Å². The zero-order valence-electron chi connectivity index (χ0n) is 21.2. The van der Waals surface area contributed by atoms with Gasteiger partial charge in [-0.15, -0.1) is 10.2 Å². The SMILES string of the molecule is O=S(=O)(C1CCN([C@H]2CC[C@H](F)CC2)CC1)N(Cc1ccc(-c2nnc(C(F)F)o2)cc1)c1cccc(Cl)c1. The maximum atomic E-state index is 14.0. The molecule has 39 heavy (non-hydrogen) atoms. The third kappa shape index (κ3) is 6.41. The molecule has 2 fully saturated rings. The summed E-state index contributed by atoms with van der Waals surface area (Å²) in [5.74, 6) is -0.795. The monoisotopic (exact) mass is 582 g/mol. The van der Waals surface area contributed by atoms with E-state index in [-0.39, 0.29) is 12.4 Å². The number of rotatable bonds is 8. The highest BCUT2D eigenvalue weighted by atomic mass is 35.5. The molecule has 1 aromatic heterocycles. The first-order valence-electron chi connectivity index (χ1n) is 13.1. The summed E-state index contributed by atoms with van der Waals surface area (Å²) in [5, 5.41) is 6.87. The first kappa shape index (κ1) is 27.9. The van der Waals surface area contributed by atoms with Crippen molar-refractivity contribution in [2.75, 3.05) is 17.4 Å². The summed E-state index contributed by atoms with van der Waals surface area (Å²) in [7, 11) is -3.76. The molecule has 0 bridgehead atoms. The van der Waals surface area contributed by atoms with E-state index < -0.39 is 33.8 Å². The van der Waals surface area contributed by atoms with E-state index >= 15 is 0 Å². The Labute approximate surface area is 231 Å². The zero-order valence-corrected chi connectivity index (χ0v) is 22.8. The van der Waals surface area contributed by atoms with Gasteiger partial charge in [0.2, 0.25) is 15.9 Å². The van der Waals surface area contributed by atoms with Crippen LogP contribution in [-0.2, 0) is 16.6 Å². The van der Waals surface area contributed by atoms with Crippen molar-refractivity contribution < 1.29 is 26.0 Å². The normalized spacial score (nSPS) is 21.4. The van der Waals surface area contributed by atoms with Crippen LogP contribution in [0.15, 0.2) is 52.9 Å². The van der Waals surface area contributed by atoms with E-state index in [2.05, 4.69) is 15.1 Å². The number of alkyl halides is 3. The molecule has 0 unspecified atom stereocenters. The molecular formula is C27H30ClF3N4O3S. The van der Waals surface area contributed by atoms with E-state index in [1.807, 2.05) is 0 Å². The van der Waals surface area contributed by atoms with Crippen molar-refractivity contribution in [2.24, 2.45) is 0 Å². The number of nitrogens with zero attached hydrogens (tertiary/aromatic N) is 4. The van der Waals surface area contributed by atoms with Gasteiger partial charge in [-0.05, 0) is 87.5 Å². The number of likely N-dealkylation sites (tertiary alicyclic amines) is 1. The number of hydrogen-bond acceptors (Lipinski definition) is 6. The van der Waals surface area contributed by atoms with E-state index in [0.29, 0.717) is 66.7 Å². The molecule has 5 rings (SSSR count). The second kappa shape index (κ2) is 11.9. The van der Waals surface area contributed by atoms with Crippen LogP contribution in [-0.4, -0.2) is 54.1 Å². The third-order valence-electron chi connectivity index (χ3n) is 7.60. The van der Waals surface area contributed by atoms with E-state index in [1.54, 1.807) is 48.5 Å². The topological polar surface area (TPSA) is 79.5 Å². The molecule has 0 N–H and O–H groups in total. The largest absolute Gasteiger partial charge is 0.415 e. The molecule has 2 aliphatic rings. The maximum Gasteiger partial charge on any atom is 0.314 e. The van der Waals surface area contributed by atoms with Crippen LogP contribution in [0.2, 0.25) is 5.02 Å². The fraction of sp³-hybridized carbons (Fsp3) is 0.481. The van der Waals surface area contributed by atoms with Crippen molar-refractivity contribution in [1.29, 1.82) is 0 Å². The third-order valence-corrected chi connectivity index (χ3v) is 10.1. The summed E-state index contributed by atoms with van der Waals surface area (Å²) in [6.07, 6.45) is 0.191. The Bertz CT molecular complexity index is 1360. The molecule has 0 radical (unpaired) electrons. The molecule has 2 aromatic carbocycles. The van der Waals surface area contributed by atoms with Gasteiger partial charge in [-0.1, -0.05) is 29.8 Å². The number of anilines is 1. The molecule has 3 aromatic rings. The number of piperidine rings is 1. The van der Waals surface area contributed by atoms with Crippen LogP contribution in [0, 0.1) is 0 Å². The number of aromatic nitrogens is 2. The molecule has 1 saturated carbocycles. The van der Waals surface area contributed by atoms with Gasteiger partial charge < -0.3 is 9.32 Å². The van der Waals surface area contributed by atoms with Crippen molar-refractivity contribution in [3.63, 3.8) is 0 Å². The molecule has 0 amide bonds. The molecule has 1 aliphatic heterocycles. The first-order valence-corrected chi connectivity index (χ1v) is 14.9. The minimum atomic E-state index is -3.76. The average Bonchev–Trinajstić information content (AvgIpc) is 3.43. The van der Waals surface area contributed by atoms with Crippen LogP contribution in [0.5, 0.6) is 0 Å². The molecule has 2 heterocycles. The van der Waals surface area contributed by atoms with Gasteiger partial charge in [-0.3, -0.25) is 4.31 Å². The molecular weight excluding hydrogens is 553 g/mol. The Morgan fingerprint density at radius 2 is 1.69 bits per heavy atom. The van der Waals surface area contributed by atoms with Crippen LogP contribution < -0.4 is 4.31 Å². The quantitative estimate of drug-likeness (QED) is 0.305. The molecule has 0 atom stereocenters. The molecule has 1 aliphatic carbocycles. The van der Waals surface area contributed by atoms with Gasteiger partial charge in [0.15, 0.2) is 0 Å². The van der Waals surface area contributed by atoms with E-state index in [9.17, 15) is 21.6 Å². The predicted octanol–water partition coefficient (Wildman–Crippen LogP) is 6.41. The minimum Gasteiger partial charge on any atom is -0.415 e. The van der Waals surface area contributed by atoms with Gasteiger partial charge in [0.25, 0.3) is 5.89 Å². The lowest BCUT2D eigenvalue weighted by Crippen LogP contribution is -2.49. The van der Waals surface area contributed by atoms with Gasteiger partial charge in [-0.2, -0.15) is 8.78 Å². The fourth-order valence-electron chi connectivity index (χ4n) is 5.44.